The number of hydrogen-bond donors (Lipinski definition) is 2. The van der Waals surface area contributed by atoms with E-state index in [1.54, 1.807) is 6.26 Å². The molecule has 2 aliphatic rings. The van der Waals surface area contributed by atoms with Crippen LogP contribution in [0, 0.1) is 5.92 Å². The highest BCUT2D eigenvalue weighted by Crippen LogP contribution is 2.26. The van der Waals surface area contributed by atoms with Crippen LogP contribution in [-0.2, 0) is 4.79 Å². The summed E-state index contributed by atoms with van der Waals surface area (Å²) in [5.41, 5.74) is 0.615. The van der Waals surface area contributed by atoms with Gasteiger partial charge in [-0.05, 0) is 69.0 Å². The van der Waals surface area contributed by atoms with E-state index in [0.29, 0.717) is 23.8 Å². The Morgan fingerprint density at radius 3 is 2.50 bits per heavy atom. The zero-order valence-electron chi connectivity index (χ0n) is 20.0. The van der Waals surface area contributed by atoms with Gasteiger partial charge in [-0.25, -0.2) is 0 Å². The molecule has 1 aliphatic heterocycles. The molecule has 184 valence electrons. The summed E-state index contributed by atoms with van der Waals surface area (Å²) in [5, 5.41) is 6.21. The summed E-state index contributed by atoms with van der Waals surface area (Å²) in [6.07, 6.45) is 11.6. The zero-order valence-corrected chi connectivity index (χ0v) is 20.8. The second-order valence-corrected chi connectivity index (χ2v) is 10.4. The van der Waals surface area contributed by atoms with Crippen LogP contribution in [0.5, 0.6) is 0 Å². The maximum Gasteiger partial charge on any atom is 0.252 e. The van der Waals surface area contributed by atoms with Gasteiger partial charge in [0.25, 0.3) is 5.91 Å². The number of nitrogens with one attached hydrogen (secondary N) is 2. The van der Waals surface area contributed by atoms with Crippen LogP contribution in [0.3, 0.4) is 0 Å². The van der Waals surface area contributed by atoms with Crippen molar-refractivity contribution in [2.45, 2.75) is 62.3 Å². The van der Waals surface area contributed by atoms with Gasteiger partial charge in [0.1, 0.15) is 5.76 Å². The quantitative estimate of drug-likeness (QED) is 0.464. The molecule has 1 saturated heterocycles. The summed E-state index contributed by atoms with van der Waals surface area (Å²) in [5.74, 6) is 1.75. The van der Waals surface area contributed by atoms with Crippen molar-refractivity contribution in [3.05, 3.63) is 54.0 Å². The van der Waals surface area contributed by atoms with Crippen LogP contribution in [0.25, 0.3) is 0 Å². The van der Waals surface area contributed by atoms with E-state index in [1.807, 2.05) is 36.4 Å². The number of furan rings is 1. The fourth-order valence-electron chi connectivity index (χ4n) is 5.03. The smallest absolute Gasteiger partial charge is 0.252 e. The van der Waals surface area contributed by atoms with Crippen LogP contribution in [0.15, 0.2) is 52.0 Å². The second kappa shape index (κ2) is 13.0. The fourth-order valence-corrected chi connectivity index (χ4v) is 5.91. The Bertz CT molecular complexity index is 906. The number of piperidine rings is 1. The molecule has 1 atom stereocenters. The molecule has 1 unspecified atom stereocenters. The SMILES string of the molecule is O=C(CSc1ccccc1C(=O)NCC(c1ccco1)N1CCCCC1)NCC1CCCCC1. The summed E-state index contributed by atoms with van der Waals surface area (Å²) >= 11 is 1.43. The van der Waals surface area contributed by atoms with Gasteiger partial charge in [0.15, 0.2) is 0 Å². The molecule has 34 heavy (non-hydrogen) atoms. The minimum atomic E-state index is -0.112. The molecule has 1 aromatic heterocycles. The van der Waals surface area contributed by atoms with E-state index in [-0.39, 0.29) is 17.9 Å². The number of thioether (sulfide) groups is 1. The number of likely N-dealkylation sites (tertiary alicyclic amines) is 1. The number of hydrogen-bond acceptors (Lipinski definition) is 5. The van der Waals surface area contributed by atoms with Gasteiger partial charge in [0, 0.05) is 18.0 Å². The van der Waals surface area contributed by atoms with Gasteiger partial charge in [-0.3, -0.25) is 14.5 Å². The van der Waals surface area contributed by atoms with Gasteiger partial charge in [-0.1, -0.05) is 37.8 Å². The van der Waals surface area contributed by atoms with E-state index in [0.717, 1.165) is 30.3 Å². The summed E-state index contributed by atoms with van der Waals surface area (Å²) in [6, 6.07) is 11.5. The number of nitrogens with zero attached hydrogens (tertiary/aromatic N) is 1. The Labute approximate surface area is 207 Å². The highest BCUT2D eigenvalue weighted by molar-refractivity contribution is 8.00. The van der Waals surface area contributed by atoms with Gasteiger partial charge >= 0.3 is 0 Å². The molecule has 7 heteroatoms. The van der Waals surface area contributed by atoms with E-state index in [1.165, 1.54) is 63.1 Å². The highest BCUT2D eigenvalue weighted by Gasteiger charge is 2.25. The van der Waals surface area contributed by atoms with Crippen molar-refractivity contribution < 1.29 is 14.0 Å². The fraction of sp³-hybridized carbons (Fsp3) is 0.556. The van der Waals surface area contributed by atoms with Gasteiger partial charge in [0.2, 0.25) is 5.91 Å². The maximum atomic E-state index is 13.1. The molecule has 2 fully saturated rings. The third kappa shape index (κ3) is 7.12. The first-order valence-electron chi connectivity index (χ1n) is 12.7. The summed E-state index contributed by atoms with van der Waals surface area (Å²) in [4.78, 5) is 28.8. The zero-order chi connectivity index (χ0) is 23.6. The lowest BCUT2D eigenvalue weighted by atomic mass is 9.89. The van der Waals surface area contributed by atoms with Gasteiger partial charge < -0.3 is 15.1 Å². The predicted octanol–water partition coefficient (Wildman–Crippen LogP) is 5.03. The second-order valence-electron chi connectivity index (χ2n) is 9.43. The standard InChI is InChI=1S/C27H37N3O3S/c31-26(28-18-21-10-3-1-4-11-21)20-34-25-14-6-5-12-22(25)27(32)29-19-23(24-13-9-17-33-24)30-15-7-2-8-16-30/h5-6,9,12-14,17,21,23H,1-4,7-8,10-11,15-16,18-20H2,(H,28,31)(H,29,32). The van der Waals surface area contributed by atoms with Crippen molar-refractivity contribution in [3.63, 3.8) is 0 Å². The van der Waals surface area contributed by atoms with Crippen molar-refractivity contribution in [2.75, 3.05) is 31.9 Å². The molecule has 0 radical (unpaired) electrons. The first-order valence-corrected chi connectivity index (χ1v) is 13.7. The number of benzene rings is 1. The number of carbonyl (C=O) groups is 2. The van der Waals surface area contributed by atoms with Crippen molar-refractivity contribution in [3.8, 4) is 0 Å². The Morgan fingerprint density at radius 2 is 1.74 bits per heavy atom. The monoisotopic (exact) mass is 483 g/mol. The largest absolute Gasteiger partial charge is 0.468 e. The van der Waals surface area contributed by atoms with Gasteiger partial charge in [-0.2, -0.15) is 0 Å². The molecule has 6 nitrogen and oxygen atoms in total. The van der Waals surface area contributed by atoms with Crippen molar-refractivity contribution in [1.29, 1.82) is 0 Å². The van der Waals surface area contributed by atoms with Crippen LogP contribution in [0.2, 0.25) is 0 Å². The van der Waals surface area contributed by atoms with Crippen LogP contribution in [0.1, 0.15) is 73.5 Å². The summed E-state index contributed by atoms with van der Waals surface area (Å²) in [7, 11) is 0. The van der Waals surface area contributed by atoms with Gasteiger partial charge in [0.05, 0.1) is 23.6 Å². The van der Waals surface area contributed by atoms with Crippen LogP contribution < -0.4 is 10.6 Å². The van der Waals surface area contributed by atoms with E-state index in [4.69, 9.17) is 4.42 Å². The summed E-state index contributed by atoms with van der Waals surface area (Å²) < 4.78 is 5.70. The third-order valence-electron chi connectivity index (χ3n) is 6.96. The number of carbonyl (C=O) groups excluding carboxylic acids is 2. The minimum absolute atomic E-state index is 0.0321. The Morgan fingerprint density at radius 1 is 0.971 bits per heavy atom. The first kappa shape index (κ1) is 24.9. The highest BCUT2D eigenvalue weighted by atomic mass is 32.2. The normalized spacial score (nSPS) is 18.4. The molecule has 2 amide bonds. The van der Waals surface area contributed by atoms with Crippen molar-refractivity contribution in [1.82, 2.24) is 15.5 Å². The first-order chi connectivity index (χ1) is 16.7. The van der Waals surface area contributed by atoms with Crippen LogP contribution in [0.4, 0.5) is 0 Å². The molecule has 2 aromatic rings. The van der Waals surface area contributed by atoms with Crippen LogP contribution in [-0.4, -0.2) is 48.6 Å². The number of amides is 2. The van der Waals surface area contributed by atoms with Crippen molar-refractivity contribution >= 4 is 23.6 Å². The molecule has 2 heterocycles. The van der Waals surface area contributed by atoms with Gasteiger partial charge in [-0.15, -0.1) is 11.8 Å². The molecule has 1 aromatic carbocycles. The lowest BCUT2D eigenvalue weighted by molar-refractivity contribution is -0.118. The summed E-state index contributed by atoms with van der Waals surface area (Å²) in [6.45, 7) is 3.30. The lowest BCUT2D eigenvalue weighted by Gasteiger charge is -2.33. The minimum Gasteiger partial charge on any atom is -0.468 e. The topological polar surface area (TPSA) is 74.6 Å². The predicted molar refractivity (Wildman–Crippen MR) is 136 cm³/mol. The van der Waals surface area contributed by atoms with E-state index in [9.17, 15) is 9.59 Å². The average molecular weight is 484 g/mol. The molecular formula is C27H37N3O3S. The Balaban J connectivity index is 1.31. The molecule has 2 N–H and O–H groups in total. The Kier molecular flexibility index (Phi) is 9.51. The third-order valence-corrected chi connectivity index (χ3v) is 8.04. The lowest BCUT2D eigenvalue weighted by Crippen LogP contribution is -2.40. The van der Waals surface area contributed by atoms with E-state index in [2.05, 4.69) is 15.5 Å². The molecule has 4 rings (SSSR count). The average Bonchev–Trinajstić information content (AvgIpc) is 3.42. The van der Waals surface area contributed by atoms with E-state index >= 15 is 0 Å². The molecule has 0 bridgehead atoms. The molecule has 0 spiro atoms. The molecular weight excluding hydrogens is 446 g/mol. The Hall–Kier alpha value is -2.25. The maximum absolute atomic E-state index is 13.1. The van der Waals surface area contributed by atoms with Crippen molar-refractivity contribution in [2.24, 2.45) is 5.92 Å². The van der Waals surface area contributed by atoms with E-state index < -0.39 is 0 Å². The molecule has 1 aliphatic carbocycles. The van der Waals surface area contributed by atoms with Crippen LogP contribution >= 0.6 is 11.8 Å². The number of rotatable bonds is 10. The molecule has 1 saturated carbocycles.